The molecule has 1 aliphatic rings. The molecule has 1 rings (SSSR count). The van der Waals surface area contributed by atoms with Crippen molar-refractivity contribution in [2.75, 3.05) is 6.61 Å². The van der Waals surface area contributed by atoms with Gasteiger partial charge in [-0.15, -0.1) is 0 Å². The van der Waals surface area contributed by atoms with Crippen molar-refractivity contribution in [1.82, 2.24) is 0 Å². The summed E-state index contributed by atoms with van der Waals surface area (Å²) in [5.74, 6) is -0.824. The van der Waals surface area contributed by atoms with E-state index in [1.54, 1.807) is 0 Å². The van der Waals surface area contributed by atoms with Crippen LogP contribution in [0.4, 0.5) is 4.39 Å². The molecule has 1 fully saturated rings. The largest absolute Gasteiger partial charge is 1.00 e. The van der Waals surface area contributed by atoms with Crippen LogP contribution in [0.2, 0.25) is 0 Å². The Balaban J connectivity index is 0. The quantitative estimate of drug-likeness (QED) is 0.196. The SMILES string of the molecule is CC([O-])=N[C@H]1[C@@H](OP(=O)([O-])O)O[C@H](CO)[C@H](F)[C@@H]1O.[Na+].[Na+]. The van der Waals surface area contributed by atoms with Crippen molar-refractivity contribution in [3.63, 3.8) is 0 Å². The molecule has 1 unspecified atom stereocenters. The maximum atomic E-state index is 13.6. The minimum absolute atomic E-state index is 0. The van der Waals surface area contributed by atoms with Gasteiger partial charge >= 0.3 is 59.1 Å². The van der Waals surface area contributed by atoms with Crippen molar-refractivity contribution >= 4 is 13.7 Å². The van der Waals surface area contributed by atoms with Crippen molar-refractivity contribution in [3.8, 4) is 0 Å². The van der Waals surface area contributed by atoms with E-state index in [1.165, 1.54) is 0 Å². The summed E-state index contributed by atoms with van der Waals surface area (Å²) >= 11 is 0. The number of rotatable bonds is 4. The minimum Gasteiger partial charge on any atom is -0.862 e. The topological polar surface area (TPSA) is 155 Å². The van der Waals surface area contributed by atoms with E-state index in [2.05, 4.69) is 9.52 Å². The van der Waals surface area contributed by atoms with Crippen molar-refractivity contribution in [2.24, 2.45) is 4.99 Å². The molecule has 112 valence electrons. The fourth-order valence-corrected chi connectivity index (χ4v) is 2.04. The summed E-state index contributed by atoms with van der Waals surface area (Å²) in [5, 5.41) is 29.3. The number of hydrogen-bond donors (Lipinski definition) is 3. The van der Waals surface area contributed by atoms with Crippen molar-refractivity contribution < 1.29 is 102 Å². The van der Waals surface area contributed by atoms with Crippen molar-refractivity contribution in [1.29, 1.82) is 0 Å². The molecule has 1 heterocycles. The van der Waals surface area contributed by atoms with Crippen LogP contribution >= 0.6 is 7.82 Å². The second kappa shape index (κ2) is 10.3. The van der Waals surface area contributed by atoms with Crippen LogP contribution in [0.3, 0.4) is 0 Å². The summed E-state index contributed by atoms with van der Waals surface area (Å²) in [4.78, 5) is 22.5. The minimum atomic E-state index is -5.26. The standard InChI is InChI=1S/C8H15FNO8P.2Na/c1-3(12)10-6-7(13)5(9)4(2-11)17-8(6)18-19(14,15)16;;/h4-8,11,13H,2H2,1H3,(H,10,12)(H2,14,15,16);;/q;2*+1/p-2/t4-,5+,6-,7+,8-;;/m1../s1. The maximum Gasteiger partial charge on any atom is 1.00 e. The third kappa shape index (κ3) is 7.67. The Bertz CT molecular complexity index is 392. The van der Waals surface area contributed by atoms with Crippen LogP contribution in [0.15, 0.2) is 4.99 Å². The van der Waals surface area contributed by atoms with Crippen LogP contribution in [0.5, 0.6) is 0 Å². The second-order valence-corrected chi connectivity index (χ2v) is 5.02. The Labute approximate surface area is 164 Å². The van der Waals surface area contributed by atoms with Gasteiger partial charge in [0.1, 0.15) is 18.2 Å². The average molecular weight is 347 g/mol. The summed E-state index contributed by atoms with van der Waals surface area (Å²) in [6.07, 6.45) is -7.49. The number of nitrogens with zero attached hydrogens (tertiary/aromatic N) is 1. The van der Waals surface area contributed by atoms with E-state index in [0.29, 0.717) is 0 Å². The predicted molar refractivity (Wildman–Crippen MR) is 54.5 cm³/mol. The molecule has 1 saturated heterocycles. The first-order valence-electron chi connectivity index (χ1n) is 5.17. The van der Waals surface area contributed by atoms with Gasteiger partial charge in [0.05, 0.1) is 6.61 Å². The molecule has 0 amide bonds. The van der Waals surface area contributed by atoms with Gasteiger partial charge in [0, 0.05) is 0 Å². The number of aliphatic hydroxyl groups excluding tert-OH is 2. The molecular weight excluding hydrogens is 334 g/mol. The van der Waals surface area contributed by atoms with E-state index in [4.69, 9.17) is 14.7 Å². The monoisotopic (exact) mass is 347 g/mol. The summed E-state index contributed by atoms with van der Waals surface area (Å²) in [7, 11) is -5.26. The predicted octanol–water partition coefficient (Wildman–Crippen LogP) is -8.96. The molecule has 3 N–H and O–H groups in total. The first-order chi connectivity index (χ1) is 8.65. The number of halogens is 1. The smallest absolute Gasteiger partial charge is 0.862 e. The average Bonchev–Trinajstić information content (AvgIpc) is 2.26. The van der Waals surface area contributed by atoms with Gasteiger partial charge in [0.15, 0.2) is 12.5 Å². The fraction of sp³-hybridized carbons (Fsp3) is 0.875. The molecule has 0 aromatic carbocycles. The van der Waals surface area contributed by atoms with Crippen LogP contribution in [0.25, 0.3) is 0 Å². The molecule has 21 heavy (non-hydrogen) atoms. The number of aliphatic imine (C=N–C) groups is 1. The van der Waals surface area contributed by atoms with Crippen molar-refractivity contribution in [2.45, 2.75) is 37.6 Å². The van der Waals surface area contributed by atoms with E-state index >= 15 is 0 Å². The van der Waals surface area contributed by atoms with Gasteiger partial charge in [-0.25, -0.2) is 4.39 Å². The summed E-state index contributed by atoms with van der Waals surface area (Å²) in [6.45, 7) is 0.129. The molecular formula is C8H13FNNa2O8P. The number of hydrogen-bond acceptors (Lipinski definition) is 8. The number of alkyl halides is 1. The number of aliphatic hydroxyl groups is 2. The van der Waals surface area contributed by atoms with Gasteiger partial charge in [0.25, 0.3) is 7.82 Å². The third-order valence-electron chi connectivity index (χ3n) is 2.37. The van der Waals surface area contributed by atoms with E-state index in [9.17, 15) is 24.1 Å². The Hall–Kier alpha value is 1.39. The van der Waals surface area contributed by atoms with E-state index in [1.807, 2.05) is 0 Å². The molecule has 1 aliphatic heterocycles. The van der Waals surface area contributed by atoms with Crippen LogP contribution < -0.4 is 69.1 Å². The molecule has 0 aromatic heterocycles. The normalized spacial score (nSPS) is 36.1. The van der Waals surface area contributed by atoms with Crippen molar-refractivity contribution in [3.05, 3.63) is 0 Å². The number of phosphoric ester groups is 1. The second-order valence-electron chi connectivity index (χ2n) is 3.87. The van der Waals surface area contributed by atoms with Gasteiger partial charge in [-0.3, -0.25) is 14.1 Å². The molecule has 0 spiro atoms. The Morgan fingerprint density at radius 2 is 2.05 bits per heavy atom. The number of phosphoric acid groups is 1. The molecule has 13 heteroatoms. The summed E-state index contributed by atoms with van der Waals surface area (Å²) in [6, 6.07) is -1.68. The Morgan fingerprint density at radius 3 is 2.43 bits per heavy atom. The molecule has 9 nitrogen and oxygen atoms in total. The van der Waals surface area contributed by atoms with E-state index in [0.717, 1.165) is 6.92 Å². The van der Waals surface area contributed by atoms with Gasteiger partial charge in [-0.05, 0) is 12.8 Å². The van der Waals surface area contributed by atoms with Gasteiger partial charge in [0.2, 0.25) is 0 Å². The molecule has 0 aliphatic carbocycles. The molecule has 0 saturated carbocycles. The zero-order chi connectivity index (χ0) is 14.8. The molecule has 0 bridgehead atoms. The van der Waals surface area contributed by atoms with E-state index < -0.39 is 51.0 Å². The Morgan fingerprint density at radius 1 is 1.52 bits per heavy atom. The van der Waals surface area contributed by atoms with Crippen LogP contribution in [0.1, 0.15) is 6.92 Å². The van der Waals surface area contributed by atoms with Gasteiger partial charge in [-0.1, -0.05) is 0 Å². The number of ether oxygens (including phenoxy) is 1. The van der Waals surface area contributed by atoms with Crippen LogP contribution in [-0.4, -0.2) is 58.3 Å². The molecule has 6 atom stereocenters. The zero-order valence-corrected chi connectivity index (χ0v) is 16.6. The van der Waals surface area contributed by atoms with E-state index in [-0.39, 0.29) is 59.1 Å². The van der Waals surface area contributed by atoms with Crippen LogP contribution in [0, 0.1) is 0 Å². The summed E-state index contributed by atoms with van der Waals surface area (Å²) in [5.41, 5.74) is 0. The van der Waals surface area contributed by atoms with Gasteiger partial charge < -0.3 is 29.8 Å². The zero-order valence-electron chi connectivity index (χ0n) is 11.7. The molecule has 0 radical (unpaired) electrons. The van der Waals surface area contributed by atoms with Crippen LogP contribution in [-0.2, 0) is 13.8 Å². The molecule has 0 aromatic rings. The fourth-order valence-electron chi connectivity index (χ4n) is 1.61. The first kappa shape index (κ1) is 24.6. The first-order valence-corrected chi connectivity index (χ1v) is 6.67. The third-order valence-corrected chi connectivity index (χ3v) is 2.84. The van der Waals surface area contributed by atoms with Gasteiger partial charge in [-0.2, -0.15) is 0 Å². The Kier molecular flexibility index (Phi) is 12.1. The maximum absolute atomic E-state index is 13.6. The summed E-state index contributed by atoms with van der Waals surface area (Å²) < 4.78 is 33.0.